The summed E-state index contributed by atoms with van der Waals surface area (Å²) in [5, 5.41) is 13.6. The monoisotopic (exact) mass is 390 g/mol. The van der Waals surface area contributed by atoms with Crippen LogP contribution in [-0.2, 0) is 11.3 Å². The Balaban J connectivity index is 1.90. The zero-order valence-corrected chi connectivity index (χ0v) is 15.0. The van der Waals surface area contributed by atoms with Gasteiger partial charge in [0, 0.05) is 12.8 Å². The van der Waals surface area contributed by atoms with E-state index in [1.807, 2.05) is 0 Å². The molecule has 1 amide bonds. The summed E-state index contributed by atoms with van der Waals surface area (Å²) in [6.45, 7) is 0.580. The molecule has 2 N–H and O–H groups in total. The lowest BCUT2D eigenvalue weighted by Crippen LogP contribution is -2.41. The van der Waals surface area contributed by atoms with Crippen molar-refractivity contribution in [1.29, 1.82) is 0 Å². The molecule has 1 aliphatic heterocycles. The number of benzene rings is 1. The number of anilines is 1. The average Bonchev–Trinajstić information content (AvgIpc) is 3.18. The molecule has 11 nitrogen and oxygen atoms in total. The third-order valence-corrected chi connectivity index (χ3v) is 4.37. The van der Waals surface area contributed by atoms with Crippen LogP contribution in [-0.4, -0.2) is 40.2 Å². The summed E-state index contributed by atoms with van der Waals surface area (Å²) in [4.78, 5) is 50.0. The summed E-state index contributed by atoms with van der Waals surface area (Å²) in [5.74, 6) is -0.636. The van der Waals surface area contributed by atoms with Crippen molar-refractivity contribution in [3.8, 4) is 5.75 Å². The molecule has 1 unspecified atom stereocenters. The minimum absolute atomic E-state index is 0.0258. The molecule has 148 valence electrons. The van der Waals surface area contributed by atoms with E-state index in [-0.39, 0.29) is 29.6 Å². The number of aromatic nitrogens is 2. The number of aromatic amines is 1. The standard InChI is InChI=1S/C17H18N4O7/c1-27-10-4-5-13(14(7-10)21(25)26)19-15(22)12-8-18-17(24)20(16(12)23)9-11-3-2-6-28-11/h4-5,7-8,11H,2-3,6,9H2,1H3,(H,18,24)(H,19,22). The number of hydrogen-bond donors (Lipinski definition) is 2. The van der Waals surface area contributed by atoms with Crippen LogP contribution < -0.4 is 21.3 Å². The Morgan fingerprint density at radius 2 is 2.25 bits per heavy atom. The van der Waals surface area contributed by atoms with Gasteiger partial charge in [0.1, 0.15) is 17.0 Å². The maximum atomic E-state index is 12.6. The molecule has 11 heteroatoms. The van der Waals surface area contributed by atoms with Gasteiger partial charge in [-0.05, 0) is 25.0 Å². The van der Waals surface area contributed by atoms with Gasteiger partial charge in [-0.15, -0.1) is 0 Å². The first kappa shape index (κ1) is 19.3. The van der Waals surface area contributed by atoms with E-state index in [4.69, 9.17) is 9.47 Å². The van der Waals surface area contributed by atoms with Crippen molar-refractivity contribution >= 4 is 17.3 Å². The summed E-state index contributed by atoms with van der Waals surface area (Å²) < 4.78 is 11.3. The number of nitrogens with zero attached hydrogens (tertiary/aromatic N) is 2. The highest BCUT2D eigenvalue weighted by Crippen LogP contribution is 2.29. The SMILES string of the molecule is COc1ccc(NC(=O)c2c[nH]c(=O)n(CC3CCCO3)c2=O)c([N+](=O)[O-])c1. The maximum absolute atomic E-state index is 12.6. The van der Waals surface area contributed by atoms with Crippen LogP contribution in [0.25, 0.3) is 0 Å². The van der Waals surface area contributed by atoms with Crippen molar-refractivity contribution in [2.75, 3.05) is 19.0 Å². The van der Waals surface area contributed by atoms with Crippen LogP contribution in [0.15, 0.2) is 34.0 Å². The van der Waals surface area contributed by atoms with E-state index in [1.54, 1.807) is 0 Å². The Bertz CT molecular complexity index is 1020. The second-order valence-corrected chi connectivity index (χ2v) is 6.15. The van der Waals surface area contributed by atoms with E-state index in [0.717, 1.165) is 23.3 Å². The minimum Gasteiger partial charge on any atom is -0.496 e. The zero-order chi connectivity index (χ0) is 20.3. The molecule has 1 fully saturated rings. The fourth-order valence-electron chi connectivity index (χ4n) is 2.92. The molecule has 2 aromatic rings. The van der Waals surface area contributed by atoms with Crippen molar-refractivity contribution in [3.63, 3.8) is 0 Å². The molecule has 28 heavy (non-hydrogen) atoms. The summed E-state index contributed by atoms with van der Waals surface area (Å²) in [5.41, 5.74) is -2.30. The van der Waals surface area contributed by atoms with Gasteiger partial charge in [-0.1, -0.05) is 0 Å². The van der Waals surface area contributed by atoms with Crippen LogP contribution in [0.2, 0.25) is 0 Å². The molecule has 1 atom stereocenters. The molecule has 0 aliphatic carbocycles. The quantitative estimate of drug-likeness (QED) is 0.550. The normalized spacial score (nSPS) is 16.0. The molecule has 0 saturated carbocycles. The lowest BCUT2D eigenvalue weighted by molar-refractivity contribution is -0.384. The molecular formula is C17H18N4O7. The van der Waals surface area contributed by atoms with E-state index in [2.05, 4.69) is 10.3 Å². The predicted octanol–water partition coefficient (Wildman–Crippen LogP) is 0.885. The Morgan fingerprint density at radius 1 is 1.46 bits per heavy atom. The van der Waals surface area contributed by atoms with Crippen molar-refractivity contribution < 1.29 is 19.2 Å². The summed E-state index contributed by atoms with van der Waals surface area (Å²) in [7, 11) is 1.36. The van der Waals surface area contributed by atoms with Gasteiger partial charge in [-0.2, -0.15) is 0 Å². The lowest BCUT2D eigenvalue weighted by atomic mass is 10.2. The van der Waals surface area contributed by atoms with Crippen LogP contribution in [0.3, 0.4) is 0 Å². The fraction of sp³-hybridized carbons (Fsp3) is 0.353. The van der Waals surface area contributed by atoms with Gasteiger partial charge in [-0.3, -0.25) is 24.3 Å². The third-order valence-electron chi connectivity index (χ3n) is 4.37. The molecule has 0 radical (unpaired) electrons. The first-order valence-corrected chi connectivity index (χ1v) is 8.48. The number of H-pyrrole nitrogens is 1. The first-order valence-electron chi connectivity index (χ1n) is 8.48. The maximum Gasteiger partial charge on any atom is 0.328 e. The van der Waals surface area contributed by atoms with Gasteiger partial charge < -0.3 is 19.8 Å². The molecule has 3 rings (SSSR count). The number of rotatable bonds is 6. The number of hydrogen-bond acceptors (Lipinski definition) is 7. The molecule has 0 bridgehead atoms. The number of amides is 1. The number of nitrogens with one attached hydrogen (secondary N) is 2. The Kier molecular flexibility index (Phi) is 5.54. The highest BCUT2D eigenvalue weighted by molar-refractivity contribution is 6.05. The number of carbonyl (C=O) groups excluding carboxylic acids is 1. The topological polar surface area (TPSA) is 146 Å². The van der Waals surface area contributed by atoms with Crippen molar-refractivity contribution in [3.05, 3.63) is 60.9 Å². The highest BCUT2D eigenvalue weighted by atomic mass is 16.6. The molecular weight excluding hydrogens is 372 g/mol. The Hall–Kier alpha value is -3.47. The lowest BCUT2D eigenvalue weighted by Gasteiger charge is -2.12. The molecule has 2 heterocycles. The third kappa shape index (κ3) is 3.93. The largest absolute Gasteiger partial charge is 0.496 e. The number of nitro groups is 1. The van der Waals surface area contributed by atoms with Gasteiger partial charge in [0.15, 0.2) is 0 Å². The van der Waals surface area contributed by atoms with Crippen molar-refractivity contribution in [2.24, 2.45) is 0 Å². The molecule has 1 aromatic heterocycles. The molecule has 1 saturated heterocycles. The van der Waals surface area contributed by atoms with Gasteiger partial charge in [-0.25, -0.2) is 4.79 Å². The zero-order valence-electron chi connectivity index (χ0n) is 15.0. The number of methoxy groups -OCH3 is 1. The van der Waals surface area contributed by atoms with E-state index < -0.39 is 27.8 Å². The van der Waals surface area contributed by atoms with Gasteiger partial charge in [0.2, 0.25) is 0 Å². The van der Waals surface area contributed by atoms with E-state index in [0.29, 0.717) is 13.0 Å². The van der Waals surface area contributed by atoms with Gasteiger partial charge in [0.25, 0.3) is 17.2 Å². The van der Waals surface area contributed by atoms with Gasteiger partial charge >= 0.3 is 5.69 Å². The second kappa shape index (κ2) is 8.05. The summed E-state index contributed by atoms with van der Waals surface area (Å²) in [6, 6.07) is 3.88. The summed E-state index contributed by atoms with van der Waals surface area (Å²) in [6.07, 6.45) is 2.25. The van der Waals surface area contributed by atoms with E-state index >= 15 is 0 Å². The van der Waals surface area contributed by atoms with Crippen molar-refractivity contribution in [2.45, 2.75) is 25.5 Å². The fourth-order valence-corrected chi connectivity index (χ4v) is 2.92. The second-order valence-electron chi connectivity index (χ2n) is 6.15. The predicted molar refractivity (Wildman–Crippen MR) is 97.9 cm³/mol. The Labute approximate surface area is 158 Å². The van der Waals surface area contributed by atoms with Crippen LogP contribution in [0.1, 0.15) is 23.2 Å². The molecule has 1 aliphatic rings. The number of nitro benzene ring substituents is 1. The summed E-state index contributed by atoms with van der Waals surface area (Å²) >= 11 is 0. The van der Waals surface area contributed by atoms with Crippen LogP contribution >= 0.6 is 0 Å². The smallest absolute Gasteiger partial charge is 0.328 e. The molecule has 1 aromatic carbocycles. The average molecular weight is 390 g/mol. The number of ether oxygens (including phenoxy) is 2. The highest BCUT2D eigenvalue weighted by Gasteiger charge is 2.23. The van der Waals surface area contributed by atoms with Crippen LogP contribution in [0.5, 0.6) is 5.75 Å². The van der Waals surface area contributed by atoms with E-state index in [1.165, 1.54) is 19.2 Å². The Morgan fingerprint density at radius 3 is 2.89 bits per heavy atom. The number of carbonyl (C=O) groups is 1. The van der Waals surface area contributed by atoms with Crippen LogP contribution in [0.4, 0.5) is 11.4 Å². The van der Waals surface area contributed by atoms with Crippen molar-refractivity contribution in [1.82, 2.24) is 9.55 Å². The van der Waals surface area contributed by atoms with Crippen LogP contribution in [0, 0.1) is 10.1 Å². The first-order chi connectivity index (χ1) is 13.4. The molecule has 0 spiro atoms. The van der Waals surface area contributed by atoms with E-state index in [9.17, 15) is 24.5 Å². The minimum atomic E-state index is -0.879. The van der Waals surface area contributed by atoms with Gasteiger partial charge in [0.05, 0.1) is 30.7 Å².